The maximum Gasteiger partial charge on any atom is 0.220 e. The van der Waals surface area contributed by atoms with Crippen LogP contribution in [0.1, 0.15) is 51.9 Å². The van der Waals surface area contributed by atoms with Crippen molar-refractivity contribution in [1.29, 1.82) is 0 Å². The van der Waals surface area contributed by atoms with Crippen LogP contribution in [-0.4, -0.2) is 27.2 Å². The summed E-state index contributed by atoms with van der Waals surface area (Å²) in [5, 5.41) is 10.8. The molecular weight excluding hydrogens is 254 g/mol. The molecule has 1 heterocycles. The van der Waals surface area contributed by atoms with Crippen molar-refractivity contribution in [2.45, 2.75) is 46.1 Å². The van der Waals surface area contributed by atoms with E-state index < -0.39 is 0 Å². The van der Waals surface area contributed by atoms with Crippen molar-refractivity contribution in [2.24, 2.45) is 24.6 Å². The number of carbonyl (C=O) groups is 1. The van der Waals surface area contributed by atoms with Gasteiger partial charge in [0.2, 0.25) is 5.91 Å². The van der Waals surface area contributed by atoms with Crippen molar-refractivity contribution in [3.63, 3.8) is 0 Å². The number of amides is 1. The van der Waals surface area contributed by atoms with Crippen LogP contribution in [-0.2, 0) is 11.8 Å². The minimum Gasteiger partial charge on any atom is -0.346 e. The normalized spacial score (nSPS) is 14.3. The first-order chi connectivity index (χ1) is 9.45. The van der Waals surface area contributed by atoms with Crippen molar-refractivity contribution in [2.75, 3.05) is 6.54 Å². The van der Waals surface area contributed by atoms with Gasteiger partial charge < -0.3 is 15.6 Å². The Kier molecular flexibility index (Phi) is 6.64. The van der Waals surface area contributed by atoms with Crippen LogP contribution in [0, 0.1) is 11.8 Å². The molecule has 20 heavy (non-hydrogen) atoms. The molecule has 0 bridgehead atoms. The van der Waals surface area contributed by atoms with Gasteiger partial charge in [-0.1, -0.05) is 13.8 Å². The second-order valence-electron chi connectivity index (χ2n) is 5.71. The second-order valence-corrected chi connectivity index (χ2v) is 5.71. The van der Waals surface area contributed by atoms with Gasteiger partial charge in [-0.25, -0.2) is 0 Å². The lowest BCUT2D eigenvalue weighted by Crippen LogP contribution is -2.29. The van der Waals surface area contributed by atoms with Crippen molar-refractivity contribution in [3.8, 4) is 0 Å². The van der Waals surface area contributed by atoms with Gasteiger partial charge in [0.25, 0.3) is 0 Å². The minimum atomic E-state index is -0.123. The number of aryl methyl sites for hydroxylation is 1. The van der Waals surface area contributed by atoms with E-state index in [2.05, 4.69) is 29.4 Å². The summed E-state index contributed by atoms with van der Waals surface area (Å²) < 4.78 is 1.82. The predicted molar refractivity (Wildman–Crippen MR) is 78.8 cm³/mol. The van der Waals surface area contributed by atoms with E-state index in [0.29, 0.717) is 24.8 Å². The molecular formula is C14H27N5O. The molecule has 0 aliphatic rings. The third kappa shape index (κ3) is 4.92. The van der Waals surface area contributed by atoms with Crippen LogP contribution in [0.4, 0.5) is 0 Å². The predicted octanol–water partition coefficient (Wildman–Crippen LogP) is 1.39. The molecule has 0 spiro atoms. The largest absolute Gasteiger partial charge is 0.346 e. The Labute approximate surface area is 121 Å². The Hall–Kier alpha value is -1.43. The monoisotopic (exact) mass is 281 g/mol. The summed E-state index contributed by atoms with van der Waals surface area (Å²) in [6.45, 7) is 6.96. The second kappa shape index (κ2) is 7.99. The van der Waals surface area contributed by atoms with E-state index >= 15 is 0 Å². The summed E-state index contributed by atoms with van der Waals surface area (Å²) in [5.74, 6) is 1.89. The van der Waals surface area contributed by atoms with E-state index in [-0.39, 0.29) is 11.9 Å². The molecule has 1 aromatic heterocycles. The lowest BCUT2D eigenvalue weighted by Gasteiger charge is -2.20. The average Bonchev–Trinajstić information content (AvgIpc) is 2.80. The number of nitrogens with two attached hydrogens (primary N) is 1. The number of hydrogen-bond acceptors (Lipinski definition) is 4. The lowest BCUT2D eigenvalue weighted by atomic mass is 9.88. The van der Waals surface area contributed by atoms with Gasteiger partial charge in [0.1, 0.15) is 6.33 Å². The van der Waals surface area contributed by atoms with Gasteiger partial charge >= 0.3 is 0 Å². The van der Waals surface area contributed by atoms with Crippen molar-refractivity contribution in [1.82, 2.24) is 20.1 Å². The molecule has 0 fully saturated rings. The average molecular weight is 281 g/mol. The van der Waals surface area contributed by atoms with Gasteiger partial charge in [0, 0.05) is 13.5 Å². The van der Waals surface area contributed by atoms with Gasteiger partial charge in [0.05, 0.1) is 6.04 Å². The molecule has 0 saturated heterocycles. The summed E-state index contributed by atoms with van der Waals surface area (Å²) in [6.07, 6.45) is 4.02. The Bertz CT molecular complexity index is 415. The third-order valence-corrected chi connectivity index (χ3v) is 3.73. The third-order valence-electron chi connectivity index (χ3n) is 3.73. The molecule has 1 aromatic rings. The molecule has 0 radical (unpaired) electrons. The van der Waals surface area contributed by atoms with Crippen LogP contribution >= 0.6 is 0 Å². The summed E-state index contributed by atoms with van der Waals surface area (Å²) in [7, 11) is 1.87. The number of rotatable bonds is 8. The van der Waals surface area contributed by atoms with Gasteiger partial charge in [-0.05, 0) is 38.1 Å². The molecule has 1 rings (SSSR count). The molecule has 6 heteroatoms. The molecule has 2 unspecified atom stereocenters. The molecule has 6 nitrogen and oxygen atoms in total. The maximum atomic E-state index is 12.0. The van der Waals surface area contributed by atoms with Crippen molar-refractivity contribution >= 4 is 5.91 Å². The molecule has 2 atom stereocenters. The Balaban J connectivity index is 2.41. The smallest absolute Gasteiger partial charge is 0.220 e. The zero-order valence-corrected chi connectivity index (χ0v) is 13.0. The topological polar surface area (TPSA) is 85.8 Å². The first-order valence-corrected chi connectivity index (χ1v) is 7.29. The van der Waals surface area contributed by atoms with Gasteiger partial charge in [-0.2, -0.15) is 0 Å². The SMILES string of the molecule is CC(NC(=O)CCC(CCN)C(C)C)c1nncn1C. The Morgan fingerprint density at radius 1 is 1.40 bits per heavy atom. The zero-order valence-electron chi connectivity index (χ0n) is 13.0. The van der Waals surface area contributed by atoms with E-state index in [1.54, 1.807) is 6.33 Å². The molecule has 114 valence electrons. The number of nitrogens with zero attached hydrogens (tertiary/aromatic N) is 3. The number of aromatic nitrogens is 3. The number of nitrogens with one attached hydrogen (secondary N) is 1. The molecule has 0 aliphatic heterocycles. The van der Waals surface area contributed by atoms with Crippen LogP contribution in [0.3, 0.4) is 0 Å². The van der Waals surface area contributed by atoms with Crippen LogP contribution in [0.2, 0.25) is 0 Å². The van der Waals surface area contributed by atoms with Crippen LogP contribution < -0.4 is 11.1 Å². The fourth-order valence-electron chi connectivity index (χ4n) is 2.40. The molecule has 0 aromatic carbocycles. The zero-order chi connectivity index (χ0) is 15.1. The van der Waals surface area contributed by atoms with Gasteiger partial charge in [-0.15, -0.1) is 10.2 Å². The highest BCUT2D eigenvalue weighted by atomic mass is 16.1. The van der Waals surface area contributed by atoms with E-state index in [9.17, 15) is 4.79 Å². The molecule has 1 amide bonds. The summed E-state index contributed by atoms with van der Waals surface area (Å²) in [4.78, 5) is 12.0. The van der Waals surface area contributed by atoms with Crippen molar-refractivity contribution < 1.29 is 4.79 Å². The van der Waals surface area contributed by atoms with Crippen LogP contribution in [0.25, 0.3) is 0 Å². The molecule has 0 saturated carbocycles. The Morgan fingerprint density at radius 3 is 2.60 bits per heavy atom. The standard InChI is InChI=1S/C14H27N5O/c1-10(2)12(7-8-15)5-6-13(20)17-11(3)14-18-16-9-19(14)4/h9-12H,5-8,15H2,1-4H3,(H,17,20). The summed E-state index contributed by atoms with van der Waals surface area (Å²) >= 11 is 0. The number of carbonyl (C=O) groups excluding carboxylic acids is 1. The van der Waals surface area contributed by atoms with Gasteiger partial charge in [0.15, 0.2) is 5.82 Å². The highest BCUT2D eigenvalue weighted by molar-refractivity contribution is 5.76. The highest BCUT2D eigenvalue weighted by Gasteiger charge is 2.17. The quantitative estimate of drug-likeness (QED) is 0.754. The fourth-order valence-corrected chi connectivity index (χ4v) is 2.40. The summed E-state index contributed by atoms with van der Waals surface area (Å²) in [5.41, 5.74) is 5.62. The van der Waals surface area contributed by atoms with Crippen molar-refractivity contribution in [3.05, 3.63) is 12.2 Å². The lowest BCUT2D eigenvalue weighted by molar-refractivity contribution is -0.122. The molecule has 0 aliphatic carbocycles. The minimum absolute atomic E-state index is 0.0585. The number of hydrogen-bond donors (Lipinski definition) is 2. The van der Waals surface area contributed by atoms with Crippen LogP contribution in [0.15, 0.2) is 6.33 Å². The Morgan fingerprint density at radius 2 is 2.10 bits per heavy atom. The summed E-state index contributed by atoms with van der Waals surface area (Å²) in [6, 6.07) is -0.123. The van der Waals surface area contributed by atoms with E-state index in [1.807, 2.05) is 18.5 Å². The van der Waals surface area contributed by atoms with E-state index in [0.717, 1.165) is 18.7 Å². The highest BCUT2D eigenvalue weighted by Crippen LogP contribution is 2.20. The first-order valence-electron chi connectivity index (χ1n) is 7.29. The van der Waals surface area contributed by atoms with Gasteiger partial charge in [-0.3, -0.25) is 4.79 Å². The maximum absolute atomic E-state index is 12.0. The fraction of sp³-hybridized carbons (Fsp3) is 0.786. The molecule has 3 N–H and O–H groups in total. The van der Waals surface area contributed by atoms with E-state index in [1.165, 1.54) is 0 Å². The van der Waals surface area contributed by atoms with Crippen LogP contribution in [0.5, 0.6) is 0 Å². The van der Waals surface area contributed by atoms with E-state index in [4.69, 9.17) is 5.73 Å². The first kappa shape index (κ1) is 16.6.